The number of hydrogen-bond donors (Lipinski definition) is 2. The van der Waals surface area contributed by atoms with Gasteiger partial charge in [-0.15, -0.1) is 0 Å². The van der Waals surface area contributed by atoms with Crippen molar-refractivity contribution in [2.75, 3.05) is 18.0 Å². The molecule has 0 saturated carbocycles. The molecule has 1 aromatic carbocycles. The molecule has 1 saturated heterocycles. The van der Waals surface area contributed by atoms with Gasteiger partial charge in [-0.3, -0.25) is 0 Å². The van der Waals surface area contributed by atoms with Crippen LogP contribution in [0, 0.1) is 23.7 Å². The normalized spacial score (nSPS) is 20.9. The summed E-state index contributed by atoms with van der Waals surface area (Å²) in [6, 6.07) is 12.0. The molecule has 2 heterocycles. The number of carbonyl (C=O) groups is 1. The fraction of sp³-hybridized carbons (Fsp3) is 0.500. The molecular formula is C24H30N4O2. The lowest BCUT2D eigenvalue weighted by Crippen LogP contribution is -2.49. The molecule has 2 aromatic rings. The minimum atomic E-state index is -0.0978. The Morgan fingerprint density at radius 3 is 2.57 bits per heavy atom. The zero-order valence-corrected chi connectivity index (χ0v) is 18.0. The fourth-order valence-electron chi connectivity index (χ4n) is 4.73. The highest BCUT2D eigenvalue weighted by Crippen LogP contribution is 2.42. The van der Waals surface area contributed by atoms with Crippen molar-refractivity contribution in [2.45, 2.75) is 58.5 Å². The van der Waals surface area contributed by atoms with E-state index in [1.165, 1.54) is 0 Å². The molecule has 6 heteroatoms. The highest BCUT2D eigenvalue weighted by molar-refractivity contribution is 5.75. The van der Waals surface area contributed by atoms with Gasteiger partial charge in [-0.1, -0.05) is 13.8 Å². The van der Waals surface area contributed by atoms with E-state index in [2.05, 4.69) is 41.5 Å². The third-order valence-corrected chi connectivity index (χ3v) is 6.23. The number of nitrogens with one attached hydrogen (secondary N) is 2. The summed E-state index contributed by atoms with van der Waals surface area (Å²) >= 11 is 0. The Hall–Kier alpha value is -2.94. The smallest absolute Gasteiger partial charge is 0.315 e. The summed E-state index contributed by atoms with van der Waals surface area (Å²) in [6.07, 6.45) is 3.62. The molecule has 1 aliphatic heterocycles. The van der Waals surface area contributed by atoms with E-state index in [1.54, 1.807) is 0 Å². The topological polar surface area (TPSA) is 81.3 Å². The Morgan fingerprint density at radius 2 is 1.90 bits per heavy atom. The van der Waals surface area contributed by atoms with Gasteiger partial charge in [0.2, 0.25) is 0 Å². The molecular weight excluding hydrogens is 376 g/mol. The minimum absolute atomic E-state index is 0.0139. The molecule has 158 valence electrons. The predicted octanol–water partition coefficient (Wildman–Crippen LogP) is 4.44. The van der Waals surface area contributed by atoms with E-state index in [4.69, 9.17) is 9.68 Å². The number of nitriles is 1. The molecule has 30 heavy (non-hydrogen) atoms. The van der Waals surface area contributed by atoms with E-state index in [0.29, 0.717) is 5.56 Å². The van der Waals surface area contributed by atoms with Crippen LogP contribution in [0.25, 0.3) is 0 Å². The number of anilines is 1. The first kappa shape index (κ1) is 20.3. The SMILES string of the molecule is Cc1cc2c(o1)CC(C)(C)CC2NC(=O)NC1CCN(c2ccc(C#N)cc2)CC1. The Balaban J connectivity index is 1.31. The highest BCUT2D eigenvalue weighted by Gasteiger charge is 2.36. The van der Waals surface area contributed by atoms with Crippen molar-refractivity contribution in [1.29, 1.82) is 5.26 Å². The summed E-state index contributed by atoms with van der Waals surface area (Å²) < 4.78 is 5.88. The zero-order chi connectivity index (χ0) is 21.3. The average Bonchev–Trinajstić information content (AvgIpc) is 3.07. The second-order valence-electron chi connectivity index (χ2n) is 9.37. The van der Waals surface area contributed by atoms with Gasteiger partial charge < -0.3 is 20.0 Å². The van der Waals surface area contributed by atoms with Gasteiger partial charge in [0.05, 0.1) is 17.7 Å². The lowest BCUT2D eigenvalue weighted by Gasteiger charge is -2.36. The quantitative estimate of drug-likeness (QED) is 0.789. The number of aryl methyl sites for hydroxylation is 1. The molecule has 1 atom stereocenters. The first-order chi connectivity index (χ1) is 14.3. The lowest BCUT2D eigenvalue weighted by molar-refractivity contribution is 0.210. The van der Waals surface area contributed by atoms with E-state index < -0.39 is 0 Å². The second kappa shape index (κ2) is 8.06. The Labute approximate surface area is 178 Å². The summed E-state index contributed by atoms with van der Waals surface area (Å²) in [5.41, 5.74) is 3.03. The average molecular weight is 407 g/mol. The van der Waals surface area contributed by atoms with Gasteiger partial charge in [0, 0.05) is 36.8 Å². The van der Waals surface area contributed by atoms with Gasteiger partial charge >= 0.3 is 6.03 Å². The third-order valence-electron chi connectivity index (χ3n) is 6.23. The first-order valence-corrected chi connectivity index (χ1v) is 10.7. The van der Waals surface area contributed by atoms with Crippen LogP contribution in [-0.4, -0.2) is 25.2 Å². The summed E-state index contributed by atoms with van der Waals surface area (Å²) in [5.74, 6) is 1.91. The largest absolute Gasteiger partial charge is 0.466 e. The van der Waals surface area contributed by atoms with Crippen molar-refractivity contribution in [1.82, 2.24) is 10.6 Å². The molecule has 1 aliphatic carbocycles. The van der Waals surface area contributed by atoms with Gasteiger partial charge in [-0.05, 0) is 61.9 Å². The van der Waals surface area contributed by atoms with E-state index in [0.717, 1.165) is 61.5 Å². The van der Waals surface area contributed by atoms with Gasteiger partial charge in [0.25, 0.3) is 0 Å². The van der Waals surface area contributed by atoms with Crippen LogP contribution in [0.3, 0.4) is 0 Å². The molecule has 2 N–H and O–H groups in total. The van der Waals surface area contributed by atoms with Crippen LogP contribution in [0.2, 0.25) is 0 Å². The molecule has 2 amide bonds. The number of piperidine rings is 1. The maximum absolute atomic E-state index is 12.7. The number of rotatable bonds is 3. The summed E-state index contributed by atoms with van der Waals surface area (Å²) in [7, 11) is 0. The van der Waals surface area contributed by atoms with E-state index >= 15 is 0 Å². The molecule has 6 nitrogen and oxygen atoms in total. The van der Waals surface area contributed by atoms with Crippen molar-refractivity contribution in [3.63, 3.8) is 0 Å². The van der Waals surface area contributed by atoms with Crippen molar-refractivity contribution in [3.8, 4) is 6.07 Å². The number of hydrogen-bond acceptors (Lipinski definition) is 4. The van der Waals surface area contributed by atoms with E-state index in [9.17, 15) is 4.79 Å². The van der Waals surface area contributed by atoms with Crippen LogP contribution in [0.1, 0.15) is 61.8 Å². The Kier molecular flexibility index (Phi) is 5.46. The molecule has 2 aliphatic rings. The number of fused-ring (bicyclic) bond motifs is 1. The van der Waals surface area contributed by atoms with Crippen molar-refractivity contribution < 1.29 is 9.21 Å². The van der Waals surface area contributed by atoms with Gasteiger partial charge in [-0.2, -0.15) is 5.26 Å². The summed E-state index contributed by atoms with van der Waals surface area (Å²) in [6.45, 7) is 8.18. The van der Waals surface area contributed by atoms with Crippen LogP contribution in [0.5, 0.6) is 0 Å². The predicted molar refractivity (Wildman–Crippen MR) is 116 cm³/mol. The van der Waals surface area contributed by atoms with Crippen molar-refractivity contribution >= 4 is 11.7 Å². The molecule has 1 unspecified atom stereocenters. The first-order valence-electron chi connectivity index (χ1n) is 10.7. The van der Waals surface area contributed by atoms with Crippen LogP contribution in [0.4, 0.5) is 10.5 Å². The number of furan rings is 1. The van der Waals surface area contributed by atoms with Gasteiger partial charge in [0.1, 0.15) is 11.5 Å². The monoisotopic (exact) mass is 406 g/mol. The second-order valence-corrected chi connectivity index (χ2v) is 9.37. The lowest BCUT2D eigenvalue weighted by atomic mass is 9.75. The van der Waals surface area contributed by atoms with Crippen LogP contribution >= 0.6 is 0 Å². The van der Waals surface area contributed by atoms with Crippen molar-refractivity contribution in [3.05, 3.63) is 53.0 Å². The van der Waals surface area contributed by atoms with Gasteiger partial charge in [0.15, 0.2) is 0 Å². The number of nitrogens with zero attached hydrogens (tertiary/aromatic N) is 2. The Bertz CT molecular complexity index is 947. The third kappa shape index (κ3) is 4.46. The van der Waals surface area contributed by atoms with Crippen LogP contribution in [0.15, 0.2) is 34.7 Å². The number of urea groups is 1. The number of benzene rings is 1. The minimum Gasteiger partial charge on any atom is -0.466 e. The zero-order valence-electron chi connectivity index (χ0n) is 18.0. The maximum Gasteiger partial charge on any atom is 0.315 e. The van der Waals surface area contributed by atoms with Crippen LogP contribution in [-0.2, 0) is 6.42 Å². The molecule has 4 rings (SSSR count). The highest BCUT2D eigenvalue weighted by atomic mass is 16.3. The Morgan fingerprint density at radius 1 is 1.20 bits per heavy atom. The fourth-order valence-corrected chi connectivity index (χ4v) is 4.73. The molecule has 1 fully saturated rings. The summed E-state index contributed by atoms with van der Waals surface area (Å²) in [5, 5.41) is 15.3. The molecule has 0 radical (unpaired) electrons. The number of amides is 2. The van der Waals surface area contributed by atoms with E-state index in [1.807, 2.05) is 31.2 Å². The number of carbonyl (C=O) groups excluding carboxylic acids is 1. The van der Waals surface area contributed by atoms with Crippen molar-refractivity contribution in [2.24, 2.45) is 5.41 Å². The summed E-state index contributed by atoms with van der Waals surface area (Å²) in [4.78, 5) is 15.0. The van der Waals surface area contributed by atoms with Gasteiger partial charge in [-0.25, -0.2) is 4.79 Å². The maximum atomic E-state index is 12.7. The molecule has 0 spiro atoms. The standard InChI is InChI=1S/C24H30N4O2/c1-16-12-20-21(13-24(2,3)14-22(20)30-16)27-23(29)26-18-8-10-28(11-9-18)19-6-4-17(15-25)5-7-19/h4-7,12,18,21H,8-11,13-14H2,1-3H3,(H2,26,27,29). The van der Waals surface area contributed by atoms with E-state index in [-0.39, 0.29) is 23.5 Å². The van der Waals surface area contributed by atoms with Crippen LogP contribution < -0.4 is 15.5 Å². The molecule has 1 aromatic heterocycles. The molecule has 0 bridgehead atoms.